The van der Waals surface area contributed by atoms with Crippen LogP contribution < -0.4 is 21.3 Å². The zero-order valence-corrected chi connectivity index (χ0v) is 25.3. The van der Waals surface area contributed by atoms with Crippen molar-refractivity contribution >= 4 is 0 Å². The SMILES string of the molecule is COc1ccc(C(c2ccccc2)(c2ccccc2)C(O)[C@@H]2CC(NCc3ccccc3)[C@H](n3cc(C)c(=O)[nH]c3=O)O2)cc1. The lowest BCUT2D eigenvalue weighted by atomic mass is 9.64. The quantitative estimate of drug-likeness (QED) is 0.200. The van der Waals surface area contributed by atoms with Gasteiger partial charge in [-0.1, -0.05) is 103 Å². The molecule has 4 aromatic carbocycles. The van der Waals surface area contributed by atoms with Gasteiger partial charge in [-0.05, 0) is 47.7 Å². The van der Waals surface area contributed by atoms with E-state index in [0.29, 0.717) is 24.3 Å². The Kier molecular flexibility index (Phi) is 8.80. The number of aliphatic hydroxyl groups excluding tert-OH is 1. The number of nitrogens with one attached hydrogen (secondary N) is 2. The van der Waals surface area contributed by atoms with Gasteiger partial charge in [0.05, 0.1) is 30.8 Å². The number of benzene rings is 4. The zero-order valence-electron chi connectivity index (χ0n) is 25.3. The molecular weight excluding hydrogens is 566 g/mol. The van der Waals surface area contributed by atoms with Crippen molar-refractivity contribution in [1.82, 2.24) is 14.9 Å². The number of aromatic nitrogens is 2. The summed E-state index contributed by atoms with van der Waals surface area (Å²) in [4.78, 5) is 27.8. The summed E-state index contributed by atoms with van der Waals surface area (Å²) in [5.41, 5.74) is 2.08. The summed E-state index contributed by atoms with van der Waals surface area (Å²) in [6, 6.07) is 37.2. The number of H-pyrrole nitrogens is 1. The lowest BCUT2D eigenvalue weighted by molar-refractivity contribution is -0.0785. The van der Waals surface area contributed by atoms with E-state index in [-0.39, 0.29) is 6.04 Å². The number of nitrogens with zero attached hydrogens (tertiary/aromatic N) is 1. The van der Waals surface area contributed by atoms with E-state index in [0.717, 1.165) is 22.3 Å². The molecule has 2 unspecified atom stereocenters. The van der Waals surface area contributed by atoms with Crippen LogP contribution in [0.4, 0.5) is 0 Å². The van der Waals surface area contributed by atoms with Gasteiger partial charge in [0, 0.05) is 18.3 Å². The van der Waals surface area contributed by atoms with E-state index in [9.17, 15) is 14.7 Å². The molecule has 0 amide bonds. The number of rotatable bonds is 10. The molecule has 0 bridgehead atoms. The maximum Gasteiger partial charge on any atom is 0.330 e. The minimum Gasteiger partial charge on any atom is -0.497 e. The van der Waals surface area contributed by atoms with Gasteiger partial charge in [0.1, 0.15) is 5.75 Å². The maximum atomic E-state index is 13.1. The molecule has 8 nitrogen and oxygen atoms in total. The van der Waals surface area contributed by atoms with Crippen LogP contribution in [-0.2, 0) is 16.7 Å². The van der Waals surface area contributed by atoms with Gasteiger partial charge in [0.25, 0.3) is 5.56 Å². The van der Waals surface area contributed by atoms with E-state index in [4.69, 9.17) is 9.47 Å². The van der Waals surface area contributed by atoms with Crippen LogP contribution in [0.2, 0.25) is 0 Å². The second kappa shape index (κ2) is 13.1. The Morgan fingerprint density at radius 1 is 0.889 bits per heavy atom. The van der Waals surface area contributed by atoms with Crippen molar-refractivity contribution in [2.45, 2.75) is 49.8 Å². The Morgan fingerprint density at radius 3 is 2.02 bits per heavy atom. The van der Waals surface area contributed by atoms with Gasteiger partial charge in [-0.2, -0.15) is 0 Å². The third-order valence-electron chi connectivity index (χ3n) is 8.78. The molecule has 0 radical (unpaired) electrons. The Morgan fingerprint density at radius 2 is 1.44 bits per heavy atom. The molecule has 2 heterocycles. The maximum absolute atomic E-state index is 13.1. The van der Waals surface area contributed by atoms with Gasteiger partial charge >= 0.3 is 5.69 Å². The largest absolute Gasteiger partial charge is 0.497 e. The first-order chi connectivity index (χ1) is 21.9. The second-order valence-electron chi connectivity index (χ2n) is 11.5. The van der Waals surface area contributed by atoms with E-state index in [1.165, 1.54) is 10.8 Å². The summed E-state index contributed by atoms with van der Waals surface area (Å²) < 4.78 is 13.6. The van der Waals surface area contributed by atoms with Gasteiger partial charge in [0.2, 0.25) is 0 Å². The number of ether oxygens (including phenoxy) is 2. The first kappa shape index (κ1) is 30.3. The molecule has 8 heteroatoms. The molecular formula is C37H37N3O5. The van der Waals surface area contributed by atoms with E-state index >= 15 is 0 Å². The first-order valence-corrected chi connectivity index (χ1v) is 15.1. The van der Waals surface area contributed by atoms with Crippen molar-refractivity contribution < 1.29 is 14.6 Å². The smallest absolute Gasteiger partial charge is 0.330 e. The van der Waals surface area contributed by atoms with E-state index < -0.39 is 35.1 Å². The highest BCUT2D eigenvalue weighted by atomic mass is 16.5. The number of aromatic amines is 1. The first-order valence-electron chi connectivity index (χ1n) is 15.1. The number of aryl methyl sites for hydroxylation is 1. The average Bonchev–Trinajstić information content (AvgIpc) is 3.51. The van der Waals surface area contributed by atoms with Gasteiger partial charge in [0.15, 0.2) is 6.23 Å². The fourth-order valence-electron chi connectivity index (χ4n) is 6.51. The number of methoxy groups -OCH3 is 1. The highest BCUT2D eigenvalue weighted by Crippen LogP contribution is 2.46. The highest BCUT2D eigenvalue weighted by molar-refractivity contribution is 5.53. The third kappa shape index (κ3) is 5.88. The van der Waals surface area contributed by atoms with Crippen molar-refractivity contribution in [1.29, 1.82) is 0 Å². The fourth-order valence-corrected chi connectivity index (χ4v) is 6.51. The molecule has 1 fully saturated rings. The van der Waals surface area contributed by atoms with Crippen molar-refractivity contribution in [2.75, 3.05) is 7.11 Å². The summed E-state index contributed by atoms with van der Waals surface area (Å²) in [7, 11) is 1.63. The van der Waals surface area contributed by atoms with Crippen LogP contribution in [0.25, 0.3) is 0 Å². The Labute approximate surface area is 261 Å². The number of aliphatic hydroxyl groups is 1. The van der Waals surface area contributed by atoms with Crippen molar-refractivity contribution in [3.8, 4) is 5.75 Å². The topological polar surface area (TPSA) is 106 Å². The van der Waals surface area contributed by atoms with Crippen LogP contribution in [0.3, 0.4) is 0 Å². The summed E-state index contributed by atoms with van der Waals surface area (Å²) in [5.74, 6) is 0.707. The Hall–Kier alpha value is -4.76. The van der Waals surface area contributed by atoms with Crippen LogP contribution in [0.15, 0.2) is 131 Å². The van der Waals surface area contributed by atoms with Gasteiger partial charge in [-0.3, -0.25) is 14.3 Å². The lowest BCUT2D eigenvalue weighted by Gasteiger charge is -2.42. The van der Waals surface area contributed by atoms with Crippen molar-refractivity contribution in [3.63, 3.8) is 0 Å². The molecule has 4 atom stereocenters. The van der Waals surface area contributed by atoms with Crippen LogP contribution in [0.5, 0.6) is 5.75 Å². The Bertz CT molecular complexity index is 1780. The fraction of sp³-hybridized carbons (Fsp3) is 0.243. The van der Waals surface area contributed by atoms with Crippen LogP contribution in [0.1, 0.15) is 40.5 Å². The molecule has 5 aromatic rings. The molecule has 1 aromatic heterocycles. The second-order valence-corrected chi connectivity index (χ2v) is 11.5. The third-order valence-corrected chi connectivity index (χ3v) is 8.78. The summed E-state index contributed by atoms with van der Waals surface area (Å²) in [6.07, 6.45) is -0.633. The summed E-state index contributed by atoms with van der Waals surface area (Å²) in [6.45, 7) is 2.19. The monoisotopic (exact) mass is 603 g/mol. The molecule has 6 rings (SSSR count). The van der Waals surface area contributed by atoms with Crippen LogP contribution in [0, 0.1) is 6.92 Å². The minimum atomic E-state index is -1.08. The van der Waals surface area contributed by atoms with Crippen LogP contribution in [-0.4, -0.2) is 40.0 Å². The van der Waals surface area contributed by atoms with Gasteiger partial charge in [-0.15, -0.1) is 0 Å². The average molecular weight is 604 g/mol. The van der Waals surface area contributed by atoms with Crippen LogP contribution >= 0.6 is 0 Å². The Balaban J connectivity index is 1.47. The lowest BCUT2D eigenvalue weighted by Crippen LogP contribution is -2.48. The summed E-state index contributed by atoms with van der Waals surface area (Å²) >= 11 is 0. The molecule has 3 N–H and O–H groups in total. The standard InChI is InChI=1S/C37H37N3O5/c1-25-24-40(36(43)39-34(25)42)35-31(38-23-26-12-6-3-7-13-26)22-32(45-35)33(41)37(27-14-8-4-9-15-27,28-16-10-5-11-17-28)29-18-20-30(44-2)21-19-29/h3-21,24,31-33,35,38,41H,22-23H2,1-2H3,(H,39,42,43)/t31?,32-,33?,35+/m0/s1. The van der Waals surface area contributed by atoms with Crippen molar-refractivity contribution in [3.05, 3.63) is 170 Å². The molecule has 0 spiro atoms. The molecule has 230 valence electrons. The highest BCUT2D eigenvalue weighted by Gasteiger charge is 2.51. The molecule has 45 heavy (non-hydrogen) atoms. The molecule has 0 saturated carbocycles. The molecule has 1 saturated heterocycles. The van der Waals surface area contributed by atoms with Crippen molar-refractivity contribution in [2.24, 2.45) is 0 Å². The number of hydrogen-bond acceptors (Lipinski definition) is 6. The molecule has 0 aliphatic carbocycles. The molecule has 1 aliphatic heterocycles. The normalized spacial score (nSPS) is 18.9. The van der Waals surface area contributed by atoms with E-state index in [2.05, 4.69) is 10.3 Å². The molecule has 1 aliphatic rings. The van der Waals surface area contributed by atoms with Gasteiger partial charge < -0.3 is 19.9 Å². The predicted molar refractivity (Wildman–Crippen MR) is 173 cm³/mol. The zero-order chi connectivity index (χ0) is 31.4. The van der Waals surface area contributed by atoms with E-state index in [1.807, 2.05) is 115 Å². The predicted octanol–water partition coefficient (Wildman–Crippen LogP) is 4.70. The van der Waals surface area contributed by atoms with Gasteiger partial charge in [-0.25, -0.2) is 4.79 Å². The summed E-state index contributed by atoms with van der Waals surface area (Å²) in [5, 5.41) is 16.3. The van der Waals surface area contributed by atoms with E-state index in [1.54, 1.807) is 14.0 Å². The number of hydrogen-bond donors (Lipinski definition) is 3. The minimum absolute atomic E-state index is 0.354.